The average Bonchev–Trinajstić information content (AvgIpc) is 2.86. The van der Waals surface area contributed by atoms with E-state index in [-0.39, 0.29) is 0 Å². The highest BCUT2D eigenvalue weighted by molar-refractivity contribution is 5.74. The van der Waals surface area contributed by atoms with Gasteiger partial charge in [-0.2, -0.15) is 0 Å². The maximum Gasteiger partial charge on any atom is 0.346 e. The van der Waals surface area contributed by atoms with Crippen molar-refractivity contribution in [2.45, 2.75) is 64.9 Å². The van der Waals surface area contributed by atoms with E-state index in [4.69, 9.17) is 4.74 Å². The number of unbranched alkanes of at least 4 members (excludes halogenated alkanes) is 5. The molecular weight excluding hydrogens is 412 g/mol. The van der Waals surface area contributed by atoms with Crippen LogP contribution < -0.4 is 4.74 Å². The summed E-state index contributed by atoms with van der Waals surface area (Å²) in [6.45, 7) is 3.91. The second kappa shape index (κ2) is 12.7. The number of ether oxygens (including phenoxy) is 2. The standard InChI is InChI=1S/C28H34N2O3/c1-4-5-6-7-8-9-10-22-11-13-23(14-12-22)25-19-29-27(30-20-25)24-15-17-26(18-16-24)33-21(2)28(31)32-3/h11-21H,4-10H2,1-3H3. The number of aromatic nitrogens is 2. The van der Waals surface area contributed by atoms with Crippen molar-refractivity contribution < 1.29 is 14.3 Å². The lowest BCUT2D eigenvalue weighted by atomic mass is 10.0. The molecule has 1 unspecified atom stereocenters. The number of hydrogen-bond acceptors (Lipinski definition) is 5. The number of aryl methyl sites for hydroxylation is 1. The van der Waals surface area contributed by atoms with Crippen LogP contribution in [0.5, 0.6) is 5.75 Å². The Labute approximate surface area is 197 Å². The largest absolute Gasteiger partial charge is 0.479 e. The fraction of sp³-hybridized carbons (Fsp3) is 0.393. The van der Waals surface area contributed by atoms with Crippen molar-refractivity contribution in [1.29, 1.82) is 0 Å². The Morgan fingerprint density at radius 3 is 2.06 bits per heavy atom. The van der Waals surface area contributed by atoms with Gasteiger partial charge < -0.3 is 9.47 Å². The summed E-state index contributed by atoms with van der Waals surface area (Å²) in [6, 6.07) is 16.1. The van der Waals surface area contributed by atoms with Crippen molar-refractivity contribution in [3.05, 3.63) is 66.5 Å². The summed E-state index contributed by atoms with van der Waals surface area (Å²) >= 11 is 0. The smallest absolute Gasteiger partial charge is 0.346 e. The molecule has 0 amide bonds. The highest BCUT2D eigenvalue weighted by atomic mass is 16.6. The molecule has 3 rings (SSSR count). The molecule has 0 saturated carbocycles. The van der Waals surface area contributed by atoms with Gasteiger partial charge in [0.25, 0.3) is 0 Å². The van der Waals surface area contributed by atoms with Gasteiger partial charge in [-0.15, -0.1) is 0 Å². The zero-order valence-corrected chi connectivity index (χ0v) is 19.9. The van der Waals surface area contributed by atoms with Crippen LogP contribution in [-0.4, -0.2) is 29.2 Å². The van der Waals surface area contributed by atoms with E-state index >= 15 is 0 Å². The summed E-state index contributed by atoms with van der Waals surface area (Å²) in [7, 11) is 1.34. The first kappa shape index (κ1) is 24.4. The van der Waals surface area contributed by atoms with Gasteiger partial charge in [-0.3, -0.25) is 0 Å². The van der Waals surface area contributed by atoms with E-state index in [1.165, 1.54) is 51.2 Å². The fourth-order valence-corrected chi connectivity index (χ4v) is 3.70. The molecule has 5 nitrogen and oxygen atoms in total. The second-order valence-electron chi connectivity index (χ2n) is 8.32. The molecule has 5 heteroatoms. The molecule has 0 fully saturated rings. The fourth-order valence-electron chi connectivity index (χ4n) is 3.70. The first-order valence-electron chi connectivity index (χ1n) is 11.9. The monoisotopic (exact) mass is 446 g/mol. The normalized spacial score (nSPS) is 11.7. The molecule has 174 valence electrons. The number of rotatable bonds is 12. The molecule has 0 saturated heterocycles. The Hall–Kier alpha value is -3.21. The molecule has 0 bridgehead atoms. The zero-order chi connectivity index (χ0) is 23.5. The minimum atomic E-state index is -0.659. The number of benzene rings is 2. The van der Waals surface area contributed by atoms with Gasteiger partial charge in [-0.1, -0.05) is 63.3 Å². The third kappa shape index (κ3) is 7.41. The summed E-state index contributed by atoms with van der Waals surface area (Å²) in [6.07, 6.45) is 12.1. The molecule has 0 spiro atoms. The number of esters is 1. The minimum absolute atomic E-state index is 0.409. The van der Waals surface area contributed by atoms with Crippen molar-refractivity contribution in [2.75, 3.05) is 7.11 Å². The number of carbonyl (C=O) groups is 1. The summed E-state index contributed by atoms with van der Waals surface area (Å²) in [5.74, 6) is 0.828. The third-order valence-electron chi connectivity index (χ3n) is 5.72. The van der Waals surface area contributed by atoms with Gasteiger partial charge in [-0.05, 0) is 55.2 Å². The summed E-state index contributed by atoms with van der Waals surface area (Å²) in [4.78, 5) is 20.6. The Balaban J connectivity index is 1.55. The quantitative estimate of drug-likeness (QED) is 0.230. The van der Waals surface area contributed by atoms with Crippen LogP contribution in [-0.2, 0) is 16.0 Å². The number of hydrogen-bond donors (Lipinski definition) is 0. The molecule has 3 aromatic rings. The van der Waals surface area contributed by atoms with Crippen molar-refractivity contribution in [2.24, 2.45) is 0 Å². The van der Waals surface area contributed by atoms with Crippen LogP contribution in [0.1, 0.15) is 57.9 Å². The van der Waals surface area contributed by atoms with Gasteiger partial charge >= 0.3 is 5.97 Å². The summed E-state index contributed by atoms with van der Waals surface area (Å²) in [5, 5.41) is 0. The Kier molecular flexibility index (Phi) is 9.43. The second-order valence-corrected chi connectivity index (χ2v) is 8.32. The highest BCUT2D eigenvalue weighted by Crippen LogP contribution is 2.23. The first-order valence-corrected chi connectivity index (χ1v) is 11.9. The van der Waals surface area contributed by atoms with Gasteiger partial charge in [0.1, 0.15) is 5.75 Å². The van der Waals surface area contributed by atoms with E-state index in [2.05, 4.69) is 45.9 Å². The maximum atomic E-state index is 11.5. The van der Waals surface area contributed by atoms with Crippen LogP contribution in [0.3, 0.4) is 0 Å². The highest BCUT2D eigenvalue weighted by Gasteiger charge is 2.14. The van der Waals surface area contributed by atoms with Crippen molar-refractivity contribution in [3.8, 4) is 28.3 Å². The summed E-state index contributed by atoms with van der Waals surface area (Å²) < 4.78 is 10.3. The van der Waals surface area contributed by atoms with E-state index < -0.39 is 12.1 Å². The Bertz CT molecular complexity index is 983. The van der Waals surface area contributed by atoms with E-state index in [1.54, 1.807) is 19.1 Å². The van der Waals surface area contributed by atoms with Crippen LogP contribution in [0.15, 0.2) is 60.9 Å². The number of nitrogens with zero attached hydrogens (tertiary/aromatic N) is 2. The van der Waals surface area contributed by atoms with E-state index in [1.807, 2.05) is 24.5 Å². The van der Waals surface area contributed by atoms with Crippen LogP contribution in [0, 0.1) is 0 Å². The van der Waals surface area contributed by atoms with Gasteiger partial charge in [0.15, 0.2) is 11.9 Å². The van der Waals surface area contributed by atoms with E-state index in [0.29, 0.717) is 11.6 Å². The SMILES string of the molecule is CCCCCCCCc1ccc(-c2cnc(-c3ccc(OC(C)C(=O)OC)cc3)nc2)cc1. The van der Waals surface area contributed by atoms with Crippen LogP contribution in [0.4, 0.5) is 0 Å². The van der Waals surface area contributed by atoms with Crippen LogP contribution in [0.25, 0.3) is 22.5 Å². The Morgan fingerprint density at radius 1 is 0.818 bits per heavy atom. The van der Waals surface area contributed by atoms with E-state index in [9.17, 15) is 4.79 Å². The topological polar surface area (TPSA) is 61.3 Å². The zero-order valence-electron chi connectivity index (χ0n) is 19.9. The first-order chi connectivity index (χ1) is 16.1. The molecule has 0 aliphatic rings. The molecule has 0 aliphatic heterocycles. The van der Waals surface area contributed by atoms with Crippen LogP contribution >= 0.6 is 0 Å². The maximum absolute atomic E-state index is 11.5. The molecule has 1 heterocycles. The third-order valence-corrected chi connectivity index (χ3v) is 5.72. The van der Waals surface area contributed by atoms with Gasteiger partial charge in [0.05, 0.1) is 7.11 Å². The number of methoxy groups -OCH3 is 1. The molecule has 0 N–H and O–H groups in total. The molecule has 1 aromatic heterocycles. The predicted molar refractivity (Wildman–Crippen MR) is 132 cm³/mol. The average molecular weight is 447 g/mol. The van der Waals surface area contributed by atoms with Gasteiger partial charge in [0.2, 0.25) is 0 Å². The molecule has 0 aliphatic carbocycles. The van der Waals surface area contributed by atoms with Crippen molar-refractivity contribution in [1.82, 2.24) is 9.97 Å². The number of carbonyl (C=O) groups excluding carboxylic acids is 1. The molecule has 2 aromatic carbocycles. The Morgan fingerprint density at radius 2 is 1.42 bits per heavy atom. The molecule has 0 radical (unpaired) electrons. The van der Waals surface area contributed by atoms with Gasteiger partial charge in [-0.25, -0.2) is 14.8 Å². The van der Waals surface area contributed by atoms with E-state index in [0.717, 1.165) is 23.1 Å². The molecule has 33 heavy (non-hydrogen) atoms. The lowest BCUT2D eigenvalue weighted by molar-refractivity contribution is -0.147. The van der Waals surface area contributed by atoms with Crippen LogP contribution in [0.2, 0.25) is 0 Å². The molecule has 1 atom stereocenters. The lowest BCUT2D eigenvalue weighted by Crippen LogP contribution is -2.24. The minimum Gasteiger partial charge on any atom is -0.479 e. The predicted octanol–water partition coefficient (Wildman–Crippen LogP) is 6.65. The summed E-state index contributed by atoms with van der Waals surface area (Å²) in [5.41, 5.74) is 4.38. The lowest BCUT2D eigenvalue weighted by Gasteiger charge is -2.12. The molecular formula is C28H34N2O3. The van der Waals surface area contributed by atoms with Crippen molar-refractivity contribution in [3.63, 3.8) is 0 Å². The van der Waals surface area contributed by atoms with Gasteiger partial charge in [0, 0.05) is 23.5 Å². The van der Waals surface area contributed by atoms with Crippen molar-refractivity contribution >= 4 is 5.97 Å².